The predicted molar refractivity (Wildman–Crippen MR) is 81.8 cm³/mol. The Morgan fingerprint density at radius 2 is 1.48 bits per heavy atom. The predicted octanol–water partition coefficient (Wildman–Crippen LogP) is 3.79. The minimum absolute atomic E-state index is 0.142. The van der Waals surface area contributed by atoms with Crippen molar-refractivity contribution in [1.29, 1.82) is 0 Å². The summed E-state index contributed by atoms with van der Waals surface area (Å²) in [6.07, 6.45) is 6.72. The minimum Gasteiger partial charge on any atom is -0.463 e. The highest BCUT2D eigenvalue weighted by molar-refractivity contribution is 6.00. The summed E-state index contributed by atoms with van der Waals surface area (Å²) in [6, 6.07) is 0. The Balaban J connectivity index is 3.15. The highest BCUT2D eigenvalue weighted by atomic mass is 16.5. The van der Waals surface area contributed by atoms with Crippen LogP contribution in [0.1, 0.15) is 65.7 Å². The number of carbonyl (C=O) groups excluding carboxylic acids is 2. The van der Waals surface area contributed by atoms with Gasteiger partial charge in [-0.15, -0.1) is 0 Å². The molecule has 0 unspecified atom stereocenters. The van der Waals surface area contributed by atoms with Crippen molar-refractivity contribution in [2.45, 2.75) is 65.7 Å². The maximum atomic E-state index is 12.4. The monoisotopic (exact) mass is 296 g/mol. The molecule has 0 aromatic rings. The molecule has 21 heavy (non-hydrogen) atoms. The second-order valence-electron chi connectivity index (χ2n) is 5.42. The molecule has 0 atom stereocenters. The summed E-state index contributed by atoms with van der Waals surface area (Å²) < 4.78 is 10.4. The van der Waals surface area contributed by atoms with Crippen molar-refractivity contribution in [3.63, 3.8) is 0 Å². The number of esters is 2. The Hall–Kier alpha value is -1.32. The average Bonchev–Trinajstić information content (AvgIpc) is 2.48. The summed E-state index contributed by atoms with van der Waals surface area (Å²) in [5.41, 5.74) is 1.11. The molecule has 4 nitrogen and oxygen atoms in total. The first-order valence-corrected chi connectivity index (χ1v) is 8.22. The lowest BCUT2D eigenvalue weighted by Gasteiger charge is -2.25. The van der Waals surface area contributed by atoms with Crippen LogP contribution in [0, 0.1) is 5.92 Å². The maximum absolute atomic E-state index is 12.4. The molecule has 1 aliphatic rings. The van der Waals surface area contributed by atoms with Crippen LogP contribution in [0.5, 0.6) is 0 Å². The van der Waals surface area contributed by atoms with Crippen LogP contribution < -0.4 is 0 Å². The largest absolute Gasteiger partial charge is 0.463 e. The van der Waals surface area contributed by atoms with Crippen LogP contribution in [0.15, 0.2) is 11.1 Å². The van der Waals surface area contributed by atoms with Gasteiger partial charge in [0.1, 0.15) is 0 Å². The van der Waals surface area contributed by atoms with E-state index in [1.807, 2.05) is 6.92 Å². The van der Waals surface area contributed by atoms with Gasteiger partial charge in [0.15, 0.2) is 0 Å². The zero-order valence-electron chi connectivity index (χ0n) is 13.6. The standard InChI is InChI=1S/C17H28O4/c1-4-10-14(16(18)20-5-2)15(17(19)21-6-3)13-11-8-7-9-12-13/h13H,4-12H2,1-3H3/b15-14-. The van der Waals surface area contributed by atoms with E-state index in [4.69, 9.17) is 9.47 Å². The molecule has 0 heterocycles. The van der Waals surface area contributed by atoms with Crippen LogP contribution in [0.25, 0.3) is 0 Å². The molecular weight excluding hydrogens is 268 g/mol. The van der Waals surface area contributed by atoms with Crippen molar-refractivity contribution in [1.82, 2.24) is 0 Å². The van der Waals surface area contributed by atoms with Gasteiger partial charge in [-0.25, -0.2) is 9.59 Å². The molecule has 0 amide bonds. The highest BCUT2D eigenvalue weighted by Crippen LogP contribution is 2.33. The lowest BCUT2D eigenvalue weighted by Crippen LogP contribution is -2.24. The van der Waals surface area contributed by atoms with E-state index in [-0.39, 0.29) is 17.9 Å². The Bertz CT molecular complexity index is 378. The van der Waals surface area contributed by atoms with Gasteiger partial charge < -0.3 is 9.47 Å². The van der Waals surface area contributed by atoms with Crippen molar-refractivity contribution in [2.75, 3.05) is 13.2 Å². The van der Waals surface area contributed by atoms with E-state index in [2.05, 4.69) is 0 Å². The Labute approximate surface area is 127 Å². The third-order valence-corrected chi connectivity index (χ3v) is 3.86. The van der Waals surface area contributed by atoms with E-state index in [1.165, 1.54) is 6.42 Å². The van der Waals surface area contributed by atoms with Gasteiger partial charge in [0.05, 0.1) is 18.8 Å². The van der Waals surface area contributed by atoms with E-state index in [9.17, 15) is 9.59 Å². The summed E-state index contributed by atoms with van der Waals surface area (Å²) in [4.78, 5) is 24.6. The van der Waals surface area contributed by atoms with E-state index >= 15 is 0 Å². The van der Waals surface area contributed by atoms with Crippen molar-refractivity contribution < 1.29 is 19.1 Å². The van der Waals surface area contributed by atoms with Gasteiger partial charge in [-0.3, -0.25) is 0 Å². The van der Waals surface area contributed by atoms with E-state index < -0.39 is 0 Å². The van der Waals surface area contributed by atoms with Crippen LogP contribution in [0.4, 0.5) is 0 Å². The van der Waals surface area contributed by atoms with Crippen LogP contribution in [-0.2, 0) is 19.1 Å². The lowest BCUT2D eigenvalue weighted by atomic mass is 9.81. The number of rotatable bonds is 7. The quantitative estimate of drug-likeness (QED) is 0.530. The van der Waals surface area contributed by atoms with Gasteiger partial charge in [0.2, 0.25) is 0 Å². The second kappa shape index (κ2) is 9.59. The number of ether oxygens (including phenoxy) is 2. The molecule has 1 rings (SSSR count). The smallest absolute Gasteiger partial charge is 0.334 e. The summed E-state index contributed by atoms with van der Waals surface area (Å²) in [6.45, 7) is 6.24. The topological polar surface area (TPSA) is 52.6 Å². The number of hydrogen-bond donors (Lipinski definition) is 0. The molecule has 1 fully saturated rings. The van der Waals surface area contributed by atoms with Crippen LogP contribution in [0.2, 0.25) is 0 Å². The average molecular weight is 296 g/mol. The summed E-state index contributed by atoms with van der Waals surface area (Å²) in [5.74, 6) is -0.544. The minimum atomic E-state index is -0.354. The summed E-state index contributed by atoms with van der Waals surface area (Å²) in [7, 11) is 0. The normalized spacial score (nSPS) is 17.1. The van der Waals surface area contributed by atoms with E-state index in [0.717, 1.165) is 32.1 Å². The van der Waals surface area contributed by atoms with Crippen LogP contribution in [-0.4, -0.2) is 25.2 Å². The van der Waals surface area contributed by atoms with Gasteiger partial charge in [-0.05, 0) is 39.0 Å². The summed E-state index contributed by atoms with van der Waals surface area (Å²) >= 11 is 0. The fourth-order valence-corrected chi connectivity index (χ4v) is 2.95. The van der Waals surface area contributed by atoms with Crippen molar-refractivity contribution >= 4 is 11.9 Å². The molecule has 0 bridgehead atoms. The molecule has 0 aliphatic heterocycles. The first-order valence-electron chi connectivity index (χ1n) is 8.22. The molecule has 0 N–H and O–H groups in total. The fourth-order valence-electron chi connectivity index (χ4n) is 2.95. The van der Waals surface area contributed by atoms with Crippen molar-refractivity contribution in [2.24, 2.45) is 5.92 Å². The summed E-state index contributed by atoms with van der Waals surface area (Å²) in [5, 5.41) is 0. The highest BCUT2D eigenvalue weighted by Gasteiger charge is 2.30. The zero-order chi connectivity index (χ0) is 15.7. The molecule has 1 aliphatic carbocycles. The molecule has 0 aromatic heterocycles. The van der Waals surface area contributed by atoms with Gasteiger partial charge in [0.25, 0.3) is 0 Å². The molecule has 1 saturated carbocycles. The van der Waals surface area contributed by atoms with Crippen molar-refractivity contribution in [3.8, 4) is 0 Å². The van der Waals surface area contributed by atoms with Crippen LogP contribution in [0.3, 0.4) is 0 Å². The van der Waals surface area contributed by atoms with E-state index in [1.54, 1.807) is 13.8 Å². The molecule has 120 valence electrons. The number of hydrogen-bond acceptors (Lipinski definition) is 4. The molecular formula is C17H28O4. The molecule has 0 spiro atoms. The third-order valence-electron chi connectivity index (χ3n) is 3.86. The SMILES string of the molecule is CCC/C(C(=O)OCC)=C(/C(=O)OCC)C1CCCCC1. The van der Waals surface area contributed by atoms with Gasteiger partial charge in [-0.1, -0.05) is 32.6 Å². The Morgan fingerprint density at radius 3 is 2.00 bits per heavy atom. The molecule has 0 radical (unpaired) electrons. The molecule has 4 heteroatoms. The third kappa shape index (κ3) is 5.18. The van der Waals surface area contributed by atoms with Crippen LogP contribution >= 0.6 is 0 Å². The lowest BCUT2D eigenvalue weighted by molar-refractivity contribution is -0.142. The molecule has 0 saturated heterocycles. The second-order valence-corrected chi connectivity index (χ2v) is 5.42. The Morgan fingerprint density at radius 1 is 0.905 bits per heavy atom. The fraction of sp³-hybridized carbons (Fsp3) is 0.765. The van der Waals surface area contributed by atoms with Gasteiger partial charge in [0, 0.05) is 5.57 Å². The first kappa shape index (κ1) is 17.7. The first-order chi connectivity index (χ1) is 10.2. The maximum Gasteiger partial charge on any atom is 0.334 e. The molecule has 0 aromatic carbocycles. The van der Waals surface area contributed by atoms with Gasteiger partial charge >= 0.3 is 11.9 Å². The van der Waals surface area contributed by atoms with Crippen molar-refractivity contribution in [3.05, 3.63) is 11.1 Å². The number of carbonyl (C=O) groups is 2. The van der Waals surface area contributed by atoms with Gasteiger partial charge in [-0.2, -0.15) is 0 Å². The zero-order valence-corrected chi connectivity index (χ0v) is 13.6. The Kier molecular flexibility index (Phi) is 8.09. The van der Waals surface area contributed by atoms with E-state index in [0.29, 0.717) is 30.8 Å².